The van der Waals surface area contributed by atoms with Gasteiger partial charge < -0.3 is 30.6 Å². The summed E-state index contributed by atoms with van der Waals surface area (Å²) in [5, 5.41) is 3.57. The van der Waals surface area contributed by atoms with E-state index in [9.17, 15) is 13.2 Å². The maximum Gasteiger partial charge on any atom is 0.419 e. The van der Waals surface area contributed by atoms with Gasteiger partial charge in [-0.25, -0.2) is 9.97 Å². The molecule has 1 fully saturated rings. The van der Waals surface area contributed by atoms with E-state index in [1.54, 1.807) is 24.3 Å². The van der Waals surface area contributed by atoms with Gasteiger partial charge in [0, 0.05) is 48.2 Å². The third kappa shape index (κ3) is 4.74. The zero-order chi connectivity index (χ0) is 26.3. The fraction of sp³-hybridized carbons (Fsp3) is 0.308. The van der Waals surface area contributed by atoms with Gasteiger partial charge in [-0.3, -0.25) is 0 Å². The fourth-order valence-electron chi connectivity index (χ4n) is 4.78. The van der Waals surface area contributed by atoms with Crippen LogP contribution in [0, 0.1) is 0 Å². The zero-order valence-corrected chi connectivity index (χ0v) is 20.7. The number of ether oxygens (including phenoxy) is 1. The molecular weight excluding hydrogens is 483 g/mol. The van der Waals surface area contributed by atoms with E-state index in [2.05, 4.69) is 44.2 Å². The number of fused-ring (bicyclic) bond motifs is 1. The first-order valence-electron chi connectivity index (χ1n) is 11.8. The molecule has 4 N–H and O–H groups in total. The van der Waals surface area contributed by atoms with Gasteiger partial charge in [-0.1, -0.05) is 12.1 Å². The lowest BCUT2D eigenvalue weighted by molar-refractivity contribution is -0.137. The molecule has 0 radical (unpaired) electrons. The molecule has 0 aliphatic carbocycles. The number of aromatic nitrogens is 3. The monoisotopic (exact) mass is 511 g/mol. The molecule has 1 saturated heterocycles. The Bertz CT molecular complexity index is 1430. The summed E-state index contributed by atoms with van der Waals surface area (Å²) in [5.41, 5.74) is 8.15. The molecule has 1 atom stereocenters. The van der Waals surface area contributed by atoms with Crippen LogP contribution in [0.3, 0.4) is 0 Å². The Balaban J connectivity index is 1.47. The number of benzene rings is 2. The van der Waals surface area contributed by atoms with Gasteiger partial charge in [0.1, 0.15) is 11.3 Å². The number of alkyl halides is 3. The highest BCUT2D eigenvalue weighted by atomic mass is 19.4. The van der Waals surface area contributed by atoms with Crippen LogP contribution in [0.25, 0.3) is 22.2 Å². The van der Waals surface area contributed by atoms with E-state index >= 15 is 0 Å². The van der Waals surface area contributed by atoms with E-state index in [-0.39, 0.29) is 11.6 Å². The lowest BCUT2D eigenvalue weighted by Gasteiger charge is -2.23. The van der Waals surface area contributed by atoms with Gasteiger partial charge in [0.25, 0.3) is 0 Å². The van der Waals surface area contributed by atoms with Gasteiger partial charge in [-0.15, -0.1) is 0 Å². The average Bonchev–Trinajstić information content (AvgIpc) is 3.51. The molecule has 8 nitrogen and oxygen atoms in total. The van der Waals surface area contributed by atoms with Crippen molar-refractivity contribution in [2.75, 3.05) is 50.2 Å². The third-order valence-corrected chi connectivity index (χ3v) is 6.76. The highest BCUT2D eigenvalue weighted by Crippen LogP contribution is 2.40. The number of likely N-dealkylation sites (N-methyl/N-ethyl adjacent to an activating group) is 1. The van der Waals surface area contributed by atoms with Crippen molar-refractivity contribution in [1.82, 2.24) is 19.9 Å². The second kappa shape index (κ2) is 9.47. The molecular formula is C26H28F3N7O. The van der Waals surface area contributed by atoms with Gasteiger partial charge in [-0.2, -0.15) is 13.2 Å². The maximum absolute atomic E-state index is 13.9. The van der Waals surface area contributed by atoms with Gasteiger partial charge in [0.05, 0.1) is 29.7 Å². The van der Waals surface area contributed by atoms with Crippen LogP contribution in [0.5, 0.6) is 5.75 Å². The molecule has 0 bridgehead atoms. The first kappa shape index (κ1) is 24.7. The summed E-state index contributed by atoms with van der Waals surface area (Å²) in [5.74, 6) is 0.552. The Kier molecular flexibility index (Phi) is 6.32. The number of anilines is 4. The molecule has 1 aliphatic rings. The number of nitrogens with zero attached hydrogens (tertiary/aromatic N) is 4. The van der Waals surface area contributed by atoms with Crippen molar-refractivity contribution >= 4 is 33.9 Å². The standard InChI is InChI=1S/C26H28F3N7O/c1-35(2)16-9-10-36(14-16)21-8-7-15(11-20(21)30)33-25-32-13-19(26(27,28)29)23(34-25)18-12-31-24-17(18)5-4-6-22(24)37-3/h4-8,11-13,16,31H,9-10,14,30H2,1-3H3,(H,32,33,34)/t16-/m1/s1. The minimum atomic E-state index is -4.64. The number of halogens is 3. The van der Waals surface area contributed by atoms with Crippen LogP contribution in [0.2, 0.25) is 0 Å². The summed E-state index contributed by atoms with van der Waals surface area (Å²) in [6.07, 6.45) is -1.29. The molecule has 0 saturated carbocycles. The highest BCUT2D eigenvalue weighted by Gasteiger charge is 2.36. The molecule has 4 aromatic rings. The number of para-hydroxylation sites is 1. The van der Waals surface area contributed by atoms with Crippen LogP contribution < -0.4 is 20.7 Å². The topological polar surface area (TPSA) is 95.3 Å². The van der Waals surface area contributed by atoms with Crippen LogP contribution in [-0.2, 0) is 6.18 Å². The summed E-state index contributed by atoms with van der Waals surface area (Å²) in [6.45, 7) is 1.78. The number of nitrogens with one attached hydrogen (secondary N) is 2. The minimum Gasteiger partial charge on any atom is -0.495 e. The predicted octanol–water partition coefficient (Wildman–Crippen LogP) is 5.12. The predicted molar refractivity (Wildman–Crippen MR) is 139 cm³/mol. The number of aromatic amines is 1. The Morgan fingerprint density at radius 2 is 2.03 bits per heavy atom. The molecule has 5 rings (SSSR count). The normalized spacial score (nSPS) is 16.1. The molecule has 1 aliphatic heterocycles. The lowest BCUT2D eigenvalue weighted by Crippen LogP contribution is -2.31. The van der Waals surface area contributed by atoms with E-state index in [1.165, 1.54) is 13.3 Å². The summed E-state index contributed by atoms with van der Waals surface area (Å²) < 4.78 is 47.1. The maximum atomic E-state index is 13.9. The average molecular weight is 512 g/mol. The molecule has 0 unspecified atom stereocenters. The first-order valence-corrected chi connectivity index (χ1v) is 11.8. The van der Waals surface area contributed by atoms with Crippen molar-refractivity contribution in [3.63, 3.8) is 0 Å². The van der Waals surface area contributed by atoms with Crippen molar-refractivity contribution in [3.05, 3.63) is 54.4 Å². The van der Waals surface area contributed by atoms with Crippen molar-refractivity contribution in [3.8, 4) is 17.0 Å². The third-order valence-electron chi connectivity index (χ3n) is 6.76. The summed E-state index contributed by atoms with van der Waals surface area (Å²) in [6, 6.07) is 11.1. The van der Waals surface area contributed by atoms with Crippen LogP contribution in [-0.4, -0.2) is 60.2 Å². The number of nitrogens with two attached hydrogens (primary N) is 1. The minimum absolute atomic E-state index is 0.0289. The zero-order valence-electron chi connectivity index (χ0n) is 20.7. The number of methoxy groups -OCH3 is 1. The fourth-order valence-corrected chi connectivity index (χ4v) is 4.78. The number of hydrogen-bond acceptors (Lipinski definition) is 7. The van der Waals surface area contributed by atoms with Gasteiger partial charge in [0.15, 0.2) is 0 Å². The Morgan fingerprint density at radius 1 is 1.22 bits per heavy atom. The largest absolute Gasteiger partial charge is 0.495 e. The molecule has 37 heavy (non-hydrogen) atoms. The number of rotatable bonds is 6. The van der Waals surface area contributed by atoms with E-state index < -0.39 is 11.7 Å². The molecule has 0 spiro atoms. The van der Waals surface area contributed by atoms with E-state index in [0.717, 1.165) is 31.4 Å². The number of nitrogen functional groups attached to an aromatic ring is 1. The van der Waals surface area contributed by atoms with Crippen LogP contribution in [0.4, 0.5) is 36.2 Å². The van der Waals surface area contributed by atoms with Gasteiger partial charge in [-0.05, 0) is 44.8 Å². The summed E-state index contributed by atoms with van der Waals surface area (Å²) in [4.78, 5) is 15.7. The molecule has 0 amide bonds. The van der Waals surface area contributed by atoms with E-state index in [0.29, 0.717) is 39.6 Å². The van der Waals surface area contributed by atoms with Gasteiger partial charge >= 0.3 is 6.18 Å². The molecule has 3 heterocycles. The highest BCUT2D eigenvalue weighted by molar-refractivity contribution is 5.98. The second-order valence-electron chi connectivity index (χ2n) is 9.29. The Morgan fingerprint density at radius 3 is 2.70 bits per heavy atom. The summed E-state index contributed by atoms with van der Waals surface area (Å²) >= 11 is 0. The smallest absolute Gasteiger partial charge is 0.419 e. The molecule has 2 aromatic carbocycles. The SMILES string of the molecule is COc1cccc2c(-c3nc(Nc4ccc(N5CC[C@@H](N(C)C)C5)c(N)c4)ncc3C(F)(F)F)c[nH]c12. The van der Waals surface area contributed by atoms with Crippen LogP contribution in [0.15, 0.2) is 48.8 Å². The quantitative estimate of drug-likeness (QED) is 0.309. The van der Waals surface area contributed by atoms with Crippen LogP contribution >= 0.6 is 0 Å². The van der Waals surface area contributed by atoms with Gasteiger partial charge in [0.2, 0.25) is 5.95 Å². The summed E-state index contributed by atoms with van der Waals surface area (Å²) in [7, 11) is 5.63. The number of H-pyrrole nitrogens is 1. The van der Waals surface area contributed by atoms with Crippen molar-refractivity contribution in [1.29, 1.82) is 0 Å². The van der Waals surface area contributed by atoms with Crippen LogP contribution in [0.1, 0.15) is 12.0 Å². The molecule has 2 aromatic heterocycles. The van der Waals surface area contributed by atoms with E-state index in [1.807, 2.05) is 12.1 Å². The van der Waals surface area contributed by atoms with Crippen molar-refractivity contribution < 1.29 is 17.9 Å². The first-order chi connectivity index (χ1) is 17.7. The number of hydrogen-bond donors (Lipinski definition) is 3. The Hall–Kier alpha value is -3.99. The Labute approximate surface area is 212 Å². The molecule has 194 valence electrons. The second-order valence-corrected chi connectivity index (χ2v) is 9.29. The van der Waals surface area contributed by atoms with E-state index in [4.69, 9.17) is 10.5 Å². The van der Waals surface area contributed by atoms with Crippen molar-refractivity contribution in [2.45, 2.75) is 18.6 Å². The lowest BCUT2D eigenvalue weighted by atomic mass is 10.1. The van der Waals surface area contributed by atoms with Crippen molar-refractivity contribution in [2.24, 2.45) is 0 Å². The molecule has 11 heteroatoms.